The van der Waals surface area contributed by atoms with E-state index in [0.717, 1.165) is 66.9 Å². The zero-order valence-corrected chi connectivity index (χ0v) is 17.5. The van der Waals surface area contributed by atoms with Crippen LogP contribution in [0.5, 0.6) is 0 Å². The van der Waals surface area contributed by atoms with E-state index in [1.165, 1.54) is 24.6 Å². The van der Waals surface area contributed by atoms with Gasteiger partial charge in [-0.3, -0.25) is 9.36 Å². The molecule has 150 valence electrons. The summed E-state index contributed by atoms with van der Waals surface area (Å²) < 4.78 is 8.02. The van der Waals surface area contributed by atoms with Gasteiger partial charge in [0.05, 0.1) is 18.4 Å². The Morgan fingerprint density at radius 2 is 2.04 bits per heavy atom. The molecular weight excluding hydrogens is 372 g/mol. The van der Waals surface area contributed by atoms with Crippen LogP contribution in [0.15, 0.2) is 23.4 Å². The largest absolute Gasteiger partial charge is 0.376 e. The highest BCUT2D eigenvalue weighted by atomic mass is 32.2. The Labute approximate surface area is 170 Å². The summed E-state index contributed by atoms with van der Waals surface area (Å²) in [5.41, 5.74) is 2.93. The molecule has 2 fully saturated rings. The molecule has 28 heavy (non-hydrogen) atoms. The van der Waals surface area contributed by atoms with E-state index < -0.39 is 0 Å². The topological polar surface area (TPSA) is 60.2 Å². The van der Waals surface area contributed by atoms with Crippen LogP contribution in [0.1, 0.15) is 47.2 Å². The molecule has 0 radical (unpaired) electrons. The van der Waals surface area contributed by atoms with Gasteiger partial charge in [0.15, 0.2) is 10.9 Å². The molecule has 0 N–H and O–H groups in total. The van der Waals surface area contributed by atoms with Gasteiger partial charge in [0.1, 0.15) is 0 Å². The number of aromatic nitrogens is 3. The van der Waals surface area contributed by atoms with Crippen molar-refractivity contribution in [1.82, 2.24) is 14.8 Å². The molecule has 6 nitrogen and oxygen atoms in total. The first-order valence-electron chi connectivity index (χ1n) is 10.1. The van der Waals surface area contributed by atoms with Gasteiger partial charge in [0, 0.05) is 25.3 Å². The Morgan fingerprint density at radius 3 is 2.79 bits per heavy atom. The minimum atomic E-state index is 0.139. The third-order valence-electron chi connectivity index (χ3n) is 5.52. The van der Waals surface area contributed by atoms with E-state index in [-0.39, 0.29) is 11.9 Å². The number of ketones is 1. The second-order valence-corrected chi connectivity index (χ2v) is 8.70. The summed E-state index contributed by atoms with van der Waals surface area (Å²) >= 11 is 1.49. The number of Topliss-reactive ketones (excluding diaryl/α,β-unsaturated/α-hetero) is 1. The Morgan fingerprint density at radius 1 is 1.21 bits per heavy atom. The number of anilines is 1. The summed E-state index contributed by atoms with van der Waals surface area (Å²) in [6, 6.07) is 6.03. The van der Waals surface area contributed by atoms with Gasteiger partial charge in [-0.25, -0.2) is 0 Å². The number of rotatable bonds is 7. The average Bonchev–Trinajstić information content (AvgIpc) is 3.44. The number of carbonyl (C=O) groups is 1. The number of nitrogens with zero attached hydrogens (tertiary/aromatic N) is 4. The molecule has 1 atom stereocenters. The lowest BCUT2D eigenvalue weighted by Crippen LogP contribution is -2.25. The highest BCUT2D eigenvalue weighted by Crippen LogP contribution is 2.28. The van der Waals surface area contributed by atoms with E-state index in [0.29, 0.717) is 5.75 Å². The number of thioether (sulfide) groups is 1. The fourth-order valence-electron chi connectivity index (χ4n) is 3.93. The first kappa shape index (κ1) is 19.5. The number of hydrogen-bond donors (Lipinski definition) is 0. The molecule has 0 spiro atoms. The van der Waals surface area contributed by atoms with Crippen LogP contribution in [0.25, 0.3) is 0 Å². The molecule has 2 aromatic rings. The van der Waals surface area contributed by atoms with Crippen LogP contribution in [0.2, 0.25) is 0 Å². The van der Waals surface area contributed by atoms with Crippen LogP contribution in [-0.2, 0) is 11.3 Å². The van der Waals surface area contributed by atoms with Crippen LogP contribution in [0.3, 0.4) is 0 Å². The summed E-state index contributed by atoms with van der Waals surface area (Å²) in [6.45, 7) is 7.65. The van der Waals surface area contributed by atoms with Crippen LogP contribution in [0.4, 0.5) is 5.95 Å². The minimum absolute atomic E-state index is 0.139. The molecule has 1 aromatic heterocycles. The van der Waals surface area contributed by atoms with Crippen molar-refractivity contribution in [3.05, 3.63) is 34.9 Å². The molecule has 4 rings (SSSR count). The van der Waals surface area contributed by atoms with E-state index in [9.17, 15) is 4.79 Å². The number of carbonyl (C=O) groups excluding carboxylic acids is 1. The summed E-state index contributed by atoms with van der Waals surface area (Å²) in [5, 5.41) is 9.72. The molecule has 0 aliphatic carbocycles. The number of hydrogen-bond acceptors (Lipinski definition) is 6. The van der Waals surface area contributed by atoms with Gasteiger partial charge in [-0.1, -0.05) is 29.5 Å². The Bertz CT molecular complexity index is 839. The highest BCUT2D eigenvalue weighted by molar-refractivity contribution is 7.99. The van der Waals surface area contributed by atoms with E-state index in [4.69, 9.17) is 4.74 Å². The third kappa shape index (κ3) is 4.25. The lowest BCUT2D eigenvalue weighted by atomic mass is 10.0. The number of ether oxygens (including phenoxy) is 1. The predicted octanol–water partition coefficient (Wildman–Crippen LogP) is 3.65. The van der Waals surface area contributed by atoms with Crippen LogP contribution < -0.4 is 4.90 Å². The van der Waals surface area contributed by atoms with Gasteiger partial charge in [-0.05, 0) is 51.2 Å². The van der Waals surface area contributed by atoms with Crippen molar-refractivity contribution in [1.29, 1.82) is 0 Å². The smallest absolute Gasteiger partial charge is 0.228 e. The van der Waals surface area contributed by atoms with Crippen molar-refractivity contribution in [2.24, 2.45) is 0 Å². The molecule has 3 heterocycles. The second kappa shape index (κ2) is 8.66. The van der Waals surface area contributed by atoms with Gasteiger partial charge in [0.25, 0.3) is 0 Å². The van der Waals surface area contributed by atoms with Crippen molar-refractivity contribution in [2.45, 2.75) is 57.3 Å². The van der Waals surface area contributed by atoms with Gasteiger partial charge >= 0.3 is 0 Å². The van der Waals surface area contributed by atoms with Gasteiger partial charge in [-0.2, -0.15) is 0 Å². The highest BCUT2D eigenvalue weighted by Gasteiger charge is 2.25. The monoisotopic (exact) mass is 400 g/mol. The van der Waals surface area contributed by atoms with E-state index in [1.54, 1.807) is 0 Å². The van der Waals surface area contributed by atoms with Gasteiger partial charge in [-0.15, -0.1) is 10.2 Å². The first-order chi connectivity index (χ1) is 13.6. The molecule has 2 aliphatic heterocycles. The standard InChI is InChI=1S/C21H28N4O2S/c1-15-7-8-16(2)18(12-15)19(26)14-28-21-23-22-20(24-9-3-4-10-24)25(21)13-17-6-5-11-27-17/h7-8,12,17H,3-6,9-11,13-14H2,1-2H3. The molecule has 7 heteroatoms. The van der Waals surface area contributed by atoms with Gasteiger partial charge < -0.3 is 9.64 Å². The summed E-state index contributed by atoms with van der Waals surface area (Å²) in [7, 11) is 0. The Hall–Kier alpha value is -1.86. The van der Waals surface area contributed by atoms with E-state index >= 15 is 0 Å². The van der Waals surface area contributed by atoms with Crippen molar-refractivity contribution < 1.29 is 9.53 Å². The maximum atomic E-state index is 12.8. The van der Waals surface area contributed by atoms with Crippen molar-refractivity contribution in [2.75, 3.05) is 30.3 Å². The quantitative estimate of drug-likeness (QED) is 0.522. The summed E-state index contributed by atoms with van der Waals surface area (Å²) in [5.74, 6) is 1.43. The minimum Gasteiger partial charge on any atom is -0.376 e. The molecule has 0 saturated carbocycles. The molecular formula is C21H28N4O2S. The lowest BCUT2D eigenvalue weighted by molar-refractivity contribution is 0.0952. The summed E-state index contributed by atoms with van der Waals surface area (Å²) in [4.78, 5) is 15.1. The average molecular weight is 401 g/mol. The Balaban J connectivity index is 1.51. The SMILES string of the molecule is Cc1ccc(C)c(C(=O)CSc2nnc(N3CCCC3)n2CC2CCCO2)c1. The van der Waals surface area contributed by atoms with Crippen molar-refractivity contribution in [3.8, 4) is 0 Å². The van der Waals surface area contributed by atoms with Crippen LogP contribution in [0, 0.1) is 13.8 Å². The number of benzene rings is 1. The van der Waals surface area contributed by atoms with Crippen molar-refractivity contribution >= 4 is 23.5 Å². The second-order valence-electron chi connectivity index (χ2n) is 7.75. The Kier molecular flexibility index (Phi) is 6.01. The molecule has 2 saturated heterocycles. The van der Waals surface area contributed by atoms with Crippen molar-refractivity contribution in [3.63, 3.8) is 0 Å². The number of aryl methyl sites for hydroxylation is 2. The molecule has 0 amide bonds. The molecule has 2 aliphatic rings. The zero-order chi connectivity index (χ0) is 19.5. The zero-order valence-electron chi connectivity index (χ0n) is 16.7. The third-order valence-corrected chi connectivity index (χ3v) is 6.49. The molecule has 1 unspecified atom stereocenters. The lowest BCUT2D eigenvalue weighted by Gasteiger charge is -2.20. The van der Waals surface area contributed by atoms with Crippen LogP contribution in [-0.4, -0.2) is 52.1 Å². The first-order valence-corrected chi connectivity index (χ1v) is 11.1. The molecule has 0 bridgehead atoms. The van der Waals surface area contributed by atoms with Gasteiger partial charge in [0.2, 0.25) is 5.95 Å². The van der Waals surface area contributed by atoms with Crippen LogP contribution >= 0.6 is 11.8 Å². The maximum absolute atomic E-state index is 12.8. The van der Waals surface area contributed by atoms with E-state index in [1.807, 2.05) is 32.0 Å². The normalized spacial score (nSPS) is 19.5. The fourth-order valence-corrected chi connectivity index (χ4v) is 4.76. The fraction of sp³-hybridized carbons (Fsp3) is 0.571. The predicted molar refractivity (Wildman–Crippen MR) is 111 cm³/mol. The summed E-state index contributed by atoms with van der Waals surface area (Å²) in [6.07, 6.45) is 4.79. The van der Waals surface area contributed by atoms with E-state index in [2.05, 4.69) is 19.7 Å². The molecule has 1 aromatic carbocycles. The maximum Gasteiger partial charge on any atom is 0.228 e.